The van der Waals surface area contributed by atoms with E-state index in [1.165, 1.54) is 0 Å². The first kappa shape index (κ1) is 16.1. The molecular weight excluding hydrogens is 262 g/mol. The van der Waals surface area contributed by atoms with Gasteiger partial charge in [-0.25, -0.2) is 0 Å². The lowest BCUT2D eigenvalue weighted by atomic mass is 10.2. The zero-order valence-electron chi connectivity index (χ0n) is 11.1. The first-order chi connectivity index (χ1) is 9.67. The maximum Gasteiger partial charge on any atom is 0.269 e. The van der Waals surface area contributed by atoms with Gasteiger partial charge in [-0.05, 0) is 12.1 Å². The van der Waals surface area contributed by atoms with Gasteiger partial charge in [0.05, 0.1) is 19.8 Å². The highest BCUT2D eigenvalue weighted by atomic mass is 16.3. The third kappa shape index (κ3) is 5.79. The average molecular weight is 281 g/mol. The number of aliphatic hydroxyl groups is 2. The van der Waals surface area contributed by atoms with Crippen LogP contribution < -0.4 is 10.9 Å². The van der Waals surface area contributed by atoms with E-state index < -0.39 is 11.8 Å². The molecule has 7 heteroatoms. The predicted molar refractivity (Wildman–Crippen MR) is 72.7 cm³/mol. The summed E-state index contributed by atoms with van der Waals surface area (Å²) in [7, 11) is 0. The highest BCUT2D eigenvalue weighted by Gasteiger charge is 2.11. The summed E-state index contributed by atoms with van der Waals surface area (Å²) < 4.78 is 0. The molecule has 1 aromatic rings. The van der Waals surface area contributed by atoms with Crippen molar-refractivity contribution in [2.24, 2.45) is 0 Å². The minimum absolute atomic E-state index is 0.0177. The largest absolute Gasteiger partial charge is 0.395 e. The Labute approximate surface area is 117 Å². The van der Waals surface area contributed by atoms with Crippen LogP contribution in [0.15, 0.2) is 30.3 Å². The second-order valence-electron chi connectivity index (χ2n) is 4.09. The van der Waals surface area contributed by atoms with Crippen LogP contribution in [0.3, 0.4) is 0 Å². The molecular formula is C13H19N3O4. The molecule has 0 aliphatic heterocycles. The first-order valence-corrected chi connectivity index (χ1v) is 6.25. The first-order valence-electron chi connectivity index (χ1n) is 6.25. The van der Waals surface area contributed by atoms with Crippen molar-refractivity contribution in [1.29, 1.82) is 0 Å². The third-order valence-corrected chi connectivity index (χ3v) is 2.55. The number of benzene rings is 1. The quantitative estimate of drug-likeness (QED) is 0.467. The van der Waals surface area contributed by atoms with Crippen LogP contribution in [0.5, 0.6) is 0 Å². The Morgan fingerprint density at radius 1 is 1.00 bits per heavy atom. The molecule has 20 heavy (non-hydrogen) atoms. The highest BCUT2D eigenvalue weighted by Crippen LogP contribution is 1.96. The number of hydrogen-bond donors (Lipinski definition) is 4. The van der Waals surface area contributed by atoms with Gasteiger partial charge in [0.15, 0.2) is 0 Å². The molecule has 2 amide bonds. The van der Waals surface area contributed by atoms with E-state index in [0.29, 0.717) is 5.56 Å². The van der Waals surface area contributed by atoms with Gasteiger partial charge in [0, 0.05) is 18.7 Å². The molecule has 0 aliphatic carbocycles. The maximum absolute atomic E-state index is 11.7. The summed E-state index contributed by atoms with van der Waals surface area (Å²) in [6, 6.07) is 8.50. The van der Waals surface area contributed by atoms with E-state index >= 15 is 0 Å². The second kappa shape index (κ2) is 9.03. The van der Waals surface area contributed by atoms with Crippen LogP contribution in [-0.4, -0.2) is 59.8 Å². The van der Waals surface area contributed by atoms with Gasteiger partial charge in [-0.2, -0.15) is 0 Å². The Bertz CT molecular complexity index is 419. The normalized spacial score (nSPS) is 10.3. The minimum atomic E-state index is -0.420. The SMILES string of the molecule is O=C(CN(CCO)CCO)NNC(=O)c1ccccc1. The standard InChI is InChI=1S/C13H19N3O4/c17-8-6-16(7-9-18)10-12(19)14-15-13(20)11-4-2-1-3-5-11/h1-5,17-18H,6-10H2,(H,14,19)(H,15,20). The lowest BCUT2D eigenvalue weighted by Crippen LogP contribution is -2.47. The van der Waals surface area contributed by atoms with E-state index in [-0.39, 0.29) is 32.8 Å². The molecule has 0 atom stereocenters. The van der Waals surface area contributed by atoms with E-state index in [1.54, 1.807) is 35.2 Å². The Hall–Kier alpha value is -1.96. The lowest BCUT2D eigenvalue weighted by Gasteiger charge is -2.19. The van der Waals surface area contributed by atoms with Crippen LogP contribution >= 0.6 is 0 Å². The van der Waals surface area contributed by atoms with Crippen LogP contribution in [0.4, 0.5) is 0 Å². The molecule has 7 nitrogen and oxygen atoms in total. The molecule has 0 radical (unpaired) electrons. The number of nitrogens with one attached hydrogen (secondary N) is 2. The molecule has 110 valence electrons. The third-order valence-electron chi connectivity index (χ3n) is 2.55. The predicted octanol–water partition coefficient (Wildman–Crippen LogP) is -1.27. The van der Waals surface area contributed by atoms with Gasteiger partial charge in [0.2, 0.25) is 0 Å². The van der Waals surface area contributed by atoms with Gasteiger partial charge in [0.25, 0.3) is 11.8 Å². The van der Waals surface area contributed by atoms with Crippen molar-refractivity contribution in [3.05, 3.63) is 35.9 Å². The fraction of sp³-hybridized carbons (Fsp3) is 0.385. The molecule has 0 aliphatic rings. The Kier molecular flexibility index (Phi) is 7.26. The summed E-state index contributed by atoms with van der Waals surface area (Å²) in [5.74, 6) is -0.828. The van der Waals surface area contributed by atoms with Gasteiger partial charge in [-0.15, -0.1) is 0 Å². The van der Waals surface area contributed by atoms with Crippen molar-refractivity contribution in [1.82, 2.24) is 15.8 Å². The molecule has 1 rings (SSSR count). The van der Waals surface area contributed by atoms with E-state index in [2.05, 4.69) is 10.9 Å². The topological polar surface area (TPSA) is 102 Å². The Morgan fingerprint density at radius 2 is 1.60 bits per heavy atom. The highest BCUT2D eigenvalue weighted by molar-refractivity contribution is 5.95. The van der Waals surface area contributed by atoms with E-state index in [9.17, 15) is 9.59 Å². The smallest absolute Gasteiger partial charge is 0.269 e. The van der Waals surface area contributed by atoms with Crippen LogP contribution in [-0.2, 0) is 4.79 Å². The number of nitrogens with zero attached hydrogens (tertiary/aromatic N) is 1. The number of amides is 2. The number of hydrogen-bond acceptors (Lipinski definition) is 5. The van der Waals surface area contributed by atoms with Gasteiger partial charge in [-0.1, -0.05) is 18.2 Å². The van der Waals surface area contributed by atoms with E-state index in [4.69, 9.17) is 10.2 Å². The van der Waals surface area contributed by atoms with Crippen LogP contribution in [0.1, 0.15) is 10.4 Å². The molecule has 1 aromatic carbocycles. The van der Waals surface area contributed by atoms with E-state index in [0.717, 1.165) is 0 Å². The van der Waals surface area contributed by atoms with Crippen LogP contribution in [0.2, 0.25) is 0 Å². The van der Waals surface area contributed by atoms with Gasteiger partial charge in [-0.3, -0.25) is 25.3 Å². The number of rotatable bonds is 7. The minimum Gasteiger partial charge on any atom is -0.395 e. The van der Waals surface area contributed by atoms with Crippen LogP contribution in [0, 0.1) is 0 Å². The molecule has 0 aromatic heterocycles. The average Bonchev–Trinajstić information content (AvgIpc) is 2.46. The summed E-state index contributed by atoms with van der Waals surface area (Å²) in [4.78, 5) is 24.8. The summed E-state index contributed by atoms with van der Waals surface area (Å²) in [6.45, 7) is 0.324. The van der Waals surface area contributed by atoms with Crippen LogP contribution in [0.25, 0.3) is 0 Å². The molecule has 0 bridgehead atoms. The summed E-state index contributed by atoms with van der Waals surface area (Å²) in [5, 5.41) is 17.6. The monoisotopic (exact) mass is 281 g/mol. The van der Waals surface area contributed by atoms with Crippen molar-refractivity contribution in [3.63, 3.8) is 0 Å². The van der Waals surface area contributed by atoms with E-state index in [1.807, 2.05) is 0 Å². The Morgan fingerprint density at radius 3 is 2.15 bits per heavy atom. The zero-order valence-corrected chi connectivity index (χ0v) is 11.1. The van der Waals surface area contributed by atoms with Gasteiger partial charge in [0.1, 0.15) is 0 Å². The lowest BCUT2D eigenvalue weighted by molar-refractivity contribution is -0.123. The Balaban J connectivity index is 2.37. The fourth-order valence-electron chi connectivity index (χ4n) is 1.58. The number of hydrazine groups is 1. The summed E-state index contributed by atoms with van der Waals surface area (Å²) in [5.41, 5.74) is 5.02. The van der Waals surface area contributed by atoms with Gasteiger partial charge >= 0.3 is 0 Å². The van der Waals surface area contributed by atoms with Crippen molar-refractivity contribution in [2.75, 3.05) is 32.8 Å². The van der Waals surface area contributed by atoms with Crippen molar-refractivity contribution in [3.8, 4) is 0 Å². The number of carbonyl (C=O) groups is 2. The second-order valence-corrected chi connectivity index (χ2v) is 4.09. The molecule has 0 saturated carbocycles. The van der Waals surface area contributed by atoms with Crippen molar-refractivity contribution >= 4 is 11.8 Å². The van der Waals surface area contributed by atoms with Crippen molar-refractivity contribution in [2.45, 2.75) is 0 Å². The zero-order chi connectivity index (χ0) is 14.8. The summed E-state index contributed by atoms with van der Waals surface area (Å²) in [6.07, 6.45) is 0. The maximum atomic E-state index is 11.7. The molecule has 4 N–H and O–H groups in total. The molecule has 0 unspecified atom stereocenters. The van der Waals surface area contributed by atoms with Gasteiger partial charge < -0.3 is 10.2 Å². The molecule has 0 saturated heterocycles. The summed E-state index contributed by atoms with van der Waals surface area (Å²) >= 11 is 0. The number of carbonyl (C=O) groups excluding carboxylic acids is 2. The fourth-order valence-corrected chi connectivity index (χ4v) is 1.58. The number of aliphatic hydroxyl groups excluding tert-OH is 2. The van der Waals surface area contributed by atoms with Crippen molar-refractivity contribution < 1.29 is 19.8 Å². The molecule has 0 spiro atoms. The molecule has 0 fully saturated rings. The molecule has 0 heterocycles.